The third-order valence-electron chi connectivity index (χ3n) is 3.55. The molecule has 0 radical (unpaired) electrons. The molecule has 1 atom stereocenters. The molecule has 126 valence electrons. The minimum absolute atomic E-state index is 0.0900. The third-order valence-corrected chi connectivity index (χ3v) is 4.08. The molecule has 2 amide bonds. The van der Waals surface area contributed by atoms with Crippen molar-refractivity contribution in [2.45, 2.75) is 51.7 Å². The van der Waals surface area contributed by atoms with Crippen LogP contribution in [0.25, 0.3) is 0 Å². The van der Waals surface area contributed by atoms with Crippen molar-refractivity contribution in [2.75, 3.05) is 11.9 Å². The number of nitrogens with one attached hydrogen (secondary N) is 1. The second kappa shape index (κ2) is 7.34. The molecule has 0 aliphatic carbocycles. The molecule has 0 aromatic heterocycles. The number of anilines is 1. The lowest BCUT2D eigenvalue weighted by Crippen LogP contribution is -2.41. The first kappa shape index (κ1) is 17.8. The Kier molecular flexibility index (Phi) is 5.68. The van der Waals surface area contributed by atoms with Gasteiger partial charge in [0.25, 0.3) is 0 Å². The summed E-state index contributed by atoms with van der Waals surface area (Å²) in [6, 6.07) is 7.32. The van der Waals surface area contributed by atoms with Crippen LogP contribution < -0.4 is 5.32 Å². The first-order chi connectivity index (χ1) is 10.7. The lowest BCUT2D eigenvalue weighted by Gasteiger charge is -2.28. The van der Waals surface area contributed by atoms with Crippen molar-refractivity contribution in [2.24, 2.45) is 0 Å². The summed E-state index contributed by atoms with van der Waals surface area (Å²) in [5.41, 5.74) is 0.226. The van der Waals surface area contributed by atoms with Gasteiger partial charge in [0.15, 0.2) is 0 Å². The molecule has 23 heavy (non-hydrogen) atoms. The number of carbonyl (C=O) groups excluding carboxylic acids is 2. The molecule has 1 aliphatic rings. The van der Waals surface area contributed by atoms with E-state index in [-0.39, 0.29) is 24.5 Å². The zero-order valence-electron chi connectivity index (χ0n) is 13.8. The molecular weight excluding hydrogens is 360 g/mol. The van der Waals surface area contributed by atoms with Gasteiger partial charge in [0.2, 0.25) is 5.91 Å². The Morgan fingerprint density at radius 2 is 1.96 bits per heavy atom. The first-order valence-electron chi connectivity index (χ1n) is 7.79. The van der Waals surface area contributed by atoms with Crippen molar-refractivity contribution < 1.29 is 14.3 Å². The maximum Gasteiger partial charge on any atom is 0.410 e. The Bertz CT molecular complexity index is 566. The van der Waals surface area contributed by atoms with Gasteiger partial charge >= 0.3 is 6.09 Å². The highest BCUT2D eigenvalue weighted by Crippen LogP contribution is 2.23. The molecule has 0 spiro atoms. The van der Waals surface area contributed by atoms with E-state index in [4.69, 9.17) is 4.74 Å². The summed E-state index contributed by atoms with van der Waals surface area (Å²) < 4.78 is 6.38. The molecule has 1 saturated heterocycles. The molecule has 2 rings (SSSR count). The normalized spacial score (nSPS) is 17.9. The molecule has 0 saturated carbocycles. The van der Waals surface area contributed by atoms with E-state index in [0.717, 1.165) is 23.0 Å². The monoisotopic (exact) mass is 382 g/mol. The van der Waals surface area contributed by atoms with E-state index >= 15 is 0 Å². The van der Waals surface area contributed by atoms with E-state index in [2.05, 4.69) is 21.2 Å². The second-order valence-corrected chi connectivity index (χ2v) is 7.64. The summed E-state index contributed by atoms with van der Waals surface area (Å²) in [6.07, 6.45) is 1.68. The molecule has 1 aromatic rings. The van der Waals surface area contributed by atoms with Gasteiger partial charge in [-0.1, -0.05) is 15.9 Å². The second-order valence-electron chi connectivity index (χ2n) is 6.73. The Hall–Kier alpha value is -1.56. The number of amides is 2. The highest BCUT2D eigenvalue weighted by atomic mass is 79.9. The smallest absolute Gasteiger partial charge is 0.410 e. The largest absolute Gasteiger partial charge is 0.444 e. The van der Waals surface area contributed by atoms with Gasteiger partial charge in [0.1, 0.15) is 5.60 Å². The molecule has 0 bridgehead atoms. The van der Waals surface area contributed by atoms with Crippen LogP contribution in [0.3, 0.4) is 0 Å². The number of nitrogens with zero attached hydrogens (tertiary/aromatic N) is 1. The summed E-state index contributed by atoms with van der Waals surface area (Å²) in [4.78, 5) is 26.1. The topological polar surface area (TPSA) is 58.6 Å². The maximum absolute atomic E-state index is 12.2. The van der Waals surface area contributed by atoms with Gasteiger partial charge in [-0.25, -0.2) is 4.79 Å². The van der Waals surface area contributed by atoms with Crippen LogP contribution in [0.5, 0.6) is 0 Å². The quantitative estimate of drug-likeness (QED) is 0.852. The van der Waals surface area contributed by atoms with Crippen molar-refractivity contribution in [3.05, 3.63) is 28.7 Å². The lowest BCUT2D eigenvalue weighted by atomic mass is 10.1. The third kappa shape index (κ3) is 5.53. The van der Waals surface area contributed by atoms with Crippen molar-refractivity contribution in [1.29, 1.82) is 0 Å². The van der Waals surface area contributed by atoms with Crippen LogP contribution in [0.2, 0.25) is 0 Å². The Balaban J connectivity index is 1.91. The summed E-state index contributed by atoms with van der Waals surface area (Å²) in [5, 5.41) is 2.87. The minimum Gasteiger partial charge on any atom is -0.444 e. The van der Waals surface area contributed by atoms with Crippen LogP contribution in [0.15, 0.2) is 28.7 Å². The van der Waals surface area contributed by atoms with Crippen molar-refractivity contribution in [3.63, 3.8) is 0 Å². The van der Waals surface area contributed by atoms with Gasteiger partial charge in [0, 0.05) is 29.2 Å². The fraction of sp³-hybridized carbons (Fsp3) is 0.529. The van der Waals surface area contributed by atoms with Crippen molar-refractivity contribution in [1.82, 2.24) is 4.90 Å². The molecule has 6 heteroatoms. The van der Waals surface area contributed by atoms with E-state index in [1.165, 1.54) is 0 Å². The van der Waals surface area contributed by atoms with Gasteiger partial charge in [-0.05, 0) is 57.9 Å². The van der Waals surface area contributed by atoms with Crippen LogP contribution in [-0.2, 0) is 9.53 Å². The predicted molar refractivity (Wildman–Crippen MR) is 93.4 cm³/mol. The van der Waals surface area contributed by atoms with E-state index in [0.29, 0.717) is 6.54 Å². The fourth-order valence-corrected chi connectivity index (χ4v) is 2.83. The standard InChI is InChI=1S/C17H23BrN2O3/c1-17(2,3)23-16(22)20-10-4-5-14(20)11-15(21)19-13-8-6-12(18)7-9-13/h6-9,14H,4-5,10-11H2,1-3H3,(H,19,21)/t14-/m1/s1. The van der Waals surface area contributed by atoms with Crippen LogP contribution in [0, 0.1) is 0 Å². The van der Waals surface area contributed by atoms with Crippen LogP contribution >= 0.6 is 15.9 Å². The zero-order chi connectivity index (χ0) is 17.0. The van der Waals surface area contributed by atoms with Crippen LogP contribution in [0.1, 0.15) is 40.0 Å². The van der Waals surface area contributed by atoms with E-state index in [9.17, 15) is 9.59 Å². The SMILES string of the molecule is CC(C)(C)OC(=O)N1CCC[C@@H]1CC(=O)Nc1ccc(Br)cc1. The highest BCUT2D eigenvalue weighted by Gasteiger charge is 2.33. The molecule has 5 nitrogen and oxygen atoms in total. The van der Waals surface area contributed by atoms with E-state index in [1.807, 2.05) is 45.0 Å². The minimum atomic E-state index is -0.524. The molecule has 1 N–H and O–H groups in total. The summed E-state index contributed by atoms with van der Waals surface area (Å²) in [7, 11) is 0. The molecular formula is C17H23BrN2O3. The summed E-state index contributed by atoms with van der Waals surface area (Å²) >= 11 is 3.36. The number of hydrogen-bond acceptors (Lipinski definition) is 3. The Labute approximate surface area is 145 Å². The van der Waals surface area contributed by atoms with Crippen molar-refractivity contribution >= 4 is 33.6 Å². The first-order valence-corrected chi connectivity index (χ1v) is 8.59. The van der Waals surface area contributed by atoms with Gasteiger partial charge in [0.05, 0.1) is 0 Å². The zero-order valence-corrected chi connectivity index (χ0v) is 15.4. The van der Waals surface area contributed by atoms with Crippen LogP contribution in [-0.4, -0.2) is 35.1 Å². The number of benzene rings is 1. The van der Waals surface area contributed by atoms with Crippen LogP contribution in [0.4, 0.5) is 10.5 Å². The average molecular weight is 383 g/mol. The average Bonchev–Trinajstić information content (AvgIpc) is 2.87. The fourth-order valence-electron chi connectivity index (χ4n) is 2.57. The number of hydrogen-bond donors (Lipinski definition) is 1. The summed E-state index contributed by atoms with van der Waals surface area (Å²) in [5.74, 6) is -0.0900. The number of likely N-dealkylation sites (tertiary alicyclic amines) is 1. The number of carbonyl (C=O) groups is 2. The highest BCUT2D eigenvalue weighted by molar-refractivity contribution is 9.10. The van der Waals surface area contributed by atoms with Gasteiger partial charge < -0.3 is 15.0 Å². The maximum atomic E-state index is 12.2. The number of ether oxygens (including phenoxy) is 1. The number of halogens is 1. The lowest BCUT2D eigenvalue weighted by molar-refractivity contribution is -0.117. The van der Waals surface area contributed by atoms with E-state index < -0.39 is 5.60 Å². The summed E-state index contributed by atoms with van der Waals surface area (Å²) in [6.45, 7) is 6.17. The predicted octanol–water partition coefficient (Wildman–Crippen LogP) is 4.18. The molecule has 1 aliphatic heterocycles. The van der Waals surface area contributed by atoms with E-state index in [1.54, 1.807) is 4.90 Å². The molecule has 1 aromatic carbocycles. The molecule has 0 unspecified atom stereocenters. The Morgan fingerprint density at radius 3 is 2.57 bits per heavy atom. The molecule has 1 fully saturated rings. The number of rotatable bonds is 3. The van der Waals surface area contributed by atoms with Gasteiger partial charge in [-0.3, -0.25) is 4.79 Å². The van der Waals surface area contributed by atoms with Crippen molar-refractivity contribution in [3.8, 4) is 0 Å². The van der Waals surface area contributed by atoms with Gasteiger partial charge in [-0.15, -0.1) is 0 Å². The Morgan fingerprint density at radius 1 is 1.30 bits per heavy atom. The van der Waals surface area contributed by atoms with Gasteiger partial charge in [-0.2, -0.15) is 0 Å². The molecule has 1 heterocycles.